The van der Waals surface area contributed by atoms with E-state index in [0.29, 0.717) is 19.3 Å². The predicted octanol–water partition coefficient (Wildman–Crippen LogP) is 3.25. The zero-order valence-corrected chi connectivity index (χ0v) is 20.3. The minimum atomic E-state index is -1.57. The molecule has 0 saturated carbocycles. The minimum absolute atomic E-state index is 0.139. The van der Waals surface area contributed by atoms with Crippen molar-refractivity contribution in [1.29, 1.82) is 0 Å². The van der Waals surface area contributed by atoms with E-state index in [4.69, 9.17) is 4.74 Å². The molecule has 1 fully saturated rings. The summed E-state index contributed by atoms with van der Waals surface area (Å²) in [5.41, 5.74) is -0.0129. The first-order valence-corrected chi connectivity index (χ1v) is 12.1. The molecule has 1 aromatic carbocycles. The Morgan fingerprint density at radius 2 is 1.85 bits per heavy atom. The third-order valence-electron chi connectivity index (χ3n) is 7.69. The van der Waals surface area contributed by atoms with Gasteiger partial charge < -0.3 is 20.3 Å². The normalized spacial score (nSPS) is 38.4. The summed E-state index contributed by atoms with van der Waals surface area (Å²) in [6, 6.07) is 9.59. The van der Waals surface area contributed by atoms with E-state index in [0.717, 1.165) is 16.7 Å². The molecule has 0 aromatic heterocycles. The molecule has 0 radical (unpaired) electrons. The number of esters is 1. The fraction of sp³-hybridized carbons (Fsp3) is 0.500. The Hall–Kier alpha value is -2.70. The molecule has 2 heterocycles. The summed E-state index contributed by atoms with van der Waals surface area (Å²) in [6.07, 6.45) is 7.20. The third-order valence-corrected chi connectivity index (χ3v) is 7.69. The lowest BCUT2D eigenvalue weighted by molar-refractivity contribution is -0.175. The molecule has 7 unspecified atom stereocenters. The highest BCUT2D eigenvalue weighted by Gasteiger charge is 2.66. The Kier molecular flexibility index (Phi) is 6.58. The van der Waals surface area contributed by atoms with Crippen LogP contribution in [0.2, 0.25) is 0 Å². The van der Waals surface area contributed by atoms with E-state index < -0.39 is 41.0 Å². The zero-order valence-electron chi connectivity index (χ0n) is 20.3. The Morgan fingerprint density at radius 1 is 1.15 bits per heavy atom. The maximum atomic E-state index is 13.7. The largest absolute Gasteiger partial charge is 0.444 e. The number of rotatable bonds is 2. The van der Waals surface area contributed by atoms with E-state index in [2.05, 4.69) is 5.32 Å². The smallest absolute Gasteiger partial charge is 0.331 e. The van der Waals surface area contributed by atoms with Gasteiger partial charge in [-0.25, -0.2) is 4.79 Å². The SMILES string of the molecule is CC1=C(C)C2C(Cc3ccccc3)NC(=O)C23OC(=O)C=CC(C)(O)CC(C)CC=CC3C1O. The number of hydrogen-bond acceptors (Lipinski definition) is 5. The summed E-state index contributed by atoms with van der Waals surface area (Å²) < 4.78 is 6.03. The molecule has 6 heteroatoms. The van der Waals surface area contributed by atoms with Crippen molar-refractivity contribution >= 4 is 11.9 Å². The van der Waals surface area contributed by atoms with E-state index in [9.17, 15) is 19.8 Å². The van der Waals surface area contributed by atoms with Gasteiger partial charge in [0, 0.05) is 12.1 Å². The van der Waals surface area contributed by atoms with Crippen molar-refractivity contribution in [1.82, 2.24) is 5.32 Å². The number of aliphatic hydroxyl groups excluding tert-OH is 1. The van der Waals surface area contributed by atoms with Crippen LogP contribution < -0.4 is 5.32 Å². The quantitative estimate of drug-likeness (QED) is 0.460. The van der Waals surface area contributed by atoms with E-state index >= 15 is 0 Å². The lowest BCUT2D eigenvalue weighted by Gasteiger charge is -2.46. The molecule has 3 aliphatic rings. The maximum absolute atomic E-state index is 13.7. The van der Waals surface area contributed by atoms with Gasteiger partial charge in [0.15, 0.2) is 0 Å². The van der Waals surface area contributed by atoms with Crippen LogP contribution in [0.4, 0.5) is 0 Å². The molecule has 2 aliphatic heterocycles. The lowest BCUT2D eigenvalue weighted by Crippen LogP contribution is -2.59. The van der Waals surface area contributed by atoms with Crippen molar-refractivity contribution < 1.29 is 24.5 Å². The summed E-state index contributed by atoms with van der Waals surface area (Å²) in [7, 11) is 0. The molecule has 34 heavy (non-hydrogen) atoms. The van der Waals surface area contributed by atoms with E-state index in [1.54, 1.807) is 6.92 Å². The molecular formula is C28H35NO5. The summed E-state index contributed by atoms with van der Waals surface area (Å²) in [4.78, 5) is 26.7. The van der Waals surface area contributed by atoms with Crippen LogP contribution in [0.25, 0.3) is 0 Å². The molecule has 7 atom stereocenters. The molecule has 4 rings (SSSR count). The summed E-state index contributed by atoms with van der Waals surface area (Å²) in [5, 5.41) is 25.1. The van der Waals surface area contributed by atoms with Crippen molar-refractivity contribution in [2.45, 2.75) is 70.3 Å². The van der Waals surface area contributed by atoms with Crippen molar-refractivity contribution in [3.05, 3.63) is 71.3 Å². The number of carbonyl (C=O) groups excluding carboxylic acids is 2. The van der Waals surface area contributed by atoms with Crippen molar-refractivity contribution in [3.8, 4) is 0 Å². The monoisotopic (exact) mass is 465 g/mol. The first-order chi connectivity index (χ1) is 16.0. The number of allylic oxidation sites excluding steroid dienone is 1. The van der Waals surface area contributed by atoms with Crippen LogP contribution in [0, 0.1) is 17.8 Å². The van der Waals surface area contributed by atoms with Gasteiger partial charge in [0.05, 0.1) is 23.5 Å². The molecule has 3 N–H and O–H groups in total. The van der Waals surface area contributed by atoms with Gasteiger partial charge in [0.25, 0.3) is 5.91 Å². The van der Waals surface area contributed by atoms with Crippen LogP contribution in [0.3, 0.4) is 0 Å². The molecule has 1 amide bonds. The zero-order chi connectivity index (χ0) is 24.7. The summed E-state index contributed by atoms with van der Waals surface area (Å²) >= 11 is 0. The number of aliphatic hydroxyl groups is 2. The summed E-state index contributed by atoms with van der Waals surface area (Å²) in [6.45, 7) is 7.49. The van der Waals surface area contributed by atoms with Gasteiger partial charge in [-0.2, -0.15) is 0 Å². The van der Waals surface area contributed by atoms with E-state index in [-0.39, 0.29) is 12.0 Å². The van der Waals surface area contributed by atoms with Crippen LogP contribution in [0.1, 0.15) is 46.1 Å². The predicted molar refractivity (Wildman–Crippen MR) is 130 cm³/mol. The number of benzene rings is 1. The van der Waals surface area contributed by atoms with Gasteiger partial charge in [-0.3, -0.25) is 4.79 Å². The van der Waals surface area contributed by atoms with Gasteiger partial charge >= 0.3 is 5.97 Å². The minimum Gasteiger partial charge on any atom is -0.444 e. The Labute approximate surface area is 201 Å². The average molecular weight is 466 g/mol. The second-order valence-corrected chi connectivity index (χ2v) is 10.5. The van der Waals surface area contributed by atoms with Gasteiger partial charge in [-0.05, 0) is 63.2 Å². The van der Waals surface area contributed by atoms with Crippen LogP contribution in [-0.2, 0) is 20.7 Å². The molecule has 1 aromatic rings. The first kappa shape index (κ1) is 24.4. The van der Waals surface area contributed by atoms with Gasteiger partial charge in [0.2, 0.25) is 5.60 Å². The van der Waals surface area contributed by atoms with Crippen LogP contribution in [-0.4, -0.2) is 45.4 Å². The van der Waals surface area contributed by atoms with E-state index in [1.165, 1.54) is 12.2 Å². The average Bonchev–Trinajstić information content (AvgIpc) is 3.04. The topological polar surface area (TPSA) is 95.9 Å². The Balaban J connectivity index is 1.83. The lowest BCUT2D eigenvalue weighted by atomic mass is 9.63. The fourth-order valence-corrected chi connectivity index (χ4v) is 5.99. The van der Waals surface area contributed by atoms with Gasteiger partial charge in [0.1, 0.15) is 0 Å². The van der Waals surface area contributed by atoms with E-state index in [1.807, 2.05) is 63.3 Å². The van der Waals surface area contributed by atoms with Crippen LogP contribution in [0.15, 0.2) is 65.8 Å². The highest BCUT2D eigenvalue weighted by atomic mass is 16.6. The standard InChI is InChI=1S/C28H35NO5/c1-17-9-8-12-21-25(31)19(3)18(2)24-22(15-20-10-6-5-7-11-20)29-26(32)28(21,24)34-23(30)13-14-27(4,33)16-17/h5-8,10-14,17,21-22,24-25,31,33H,9,15-16H2,1-4H3,(H,29,32). The number of hydrogen-bond donors (Lipinski definition) is 3. The van der Waals surface area contributed by atoms with Crippen molar-refractivity contribution in [2.24, 2.45) is 17.8 Å². The first-order valence-electron chi connectivity index (χ1n) is 12.1. The summed E-state index contributed by atoms with van der Waals surface area (Å²) in [5.74, 6) is -2.10. The third kappa shape index (κ3) is 4.37. The molecule has 1 spiro atoms. The second kappa shape index (κ2) is 9.16. The highest BCUT2D eigenvalue weighted by Crippen LogP contribution is 2.50. The highest BCUT2D eigenvalue weighted by molar-refractivity contribution is 5.94. The van der Waals surface area contributed by atoms with Gasteiger partial charge in [-0.15, -0.1) is 0 Å². The van der Waals surface area contributed by atoms with Crippen molar-refractivity contribution in [2.75, 3.05) is 0 Å². The van der Waals surface area contributed by atoms with Crippen LogP contribution >= 0.6 is 0 Å². The van der Waals surface area contributed by atoms with Gasteiger partial charge in [-0.1, -0.05) is 55.0 Å². The number of nitrogens with one attached hydrogen (secondary N) is 1. The molecule has 182 valence electrons. The fourth-order valence-electron chi connectivity index (χ4n) is 5.99. The Morgan fingerprint density at radius 3 is 2.56 bits per heavy atom. The molecule has 1 aliphatic carbocycles. The second-order valence-electron chi connectivity index (χ2n) is 10.5. The maximum Gasteiger partial charge on any atom is 0.331 e. The van der Waals surface area contributed by atoms with Crippen LogP contribution in [0.5, 0.6) is 0 Å². The number of ether oxygens (including phenoxy) is 1. The molecular weight excluding hydrogens is 430 g/mol. The molecule has 6 nitrogen and oxygen atoms in total. The Bertz CT molecular complexity index is 1040. The number of amides is 1. The number of carbonyl (C=O) groups is 2. The molecule has 1 saturated heterocycles. The molecule has 0 bridgehead atoms. The van der Waals surface area contributed by atoms with Crippen molar-refractivity contribution in [3.63, 3.8) is 0 Å².